The highest BCUT2D eigenvalue weighted by atomic mass is 16.2. The van der Waals surface area contributed by atoms with Gasteiger partial charge < -0.3 is 10.6 Å². The van der Waals surface area contributed by atoms with Crippen LogP contribution in [-0.4, -0.2) is 11.8 Å². The van der Waals surface area contributed by atoms with Crippen molar-refractivity contribution in [1.29, 1.82) is 0 Å². The molecule has 4 aliphatic carbocycles. The molecule has 1 aromatic carbocycles. The summed E-state index contributed by atoms with van der Waals surface area (Å²) in [6.45, 7) is 0.599. The minimum atomic E-state index is -0.0725. The largest absolute Gasteiger partial charge is 0.352 e. The van der Waals surface area contributed by atoms with E-state index in [1.54, 1.807) is 0 Å². The number of rotatable bonds is 3. The Morgan fingerprint density at radius 3 is 2.44 bits per heavy atom. The molecule has 132 valence electrons. The number of amides is 2. The van der Waals surface area contributed by atoms with Gasteiger partial charge in [-0.3, -0.25) is 9.59 Å². The molecule has 5 aliphatic rings. The summed E-state index contributed by atoms with van der Waals surface area (Å²) in [6, 6.07) is 6.12. The van der Waals surface area contributed by atoms with Gasteiger partial charge in [-0.15, -0.1) is 0 Å². The number of carbonyl (C=O) groups is 2. The molecule has 0 aromatic heterocycles. The van der Waals surface area contributed by atoms with E-state index in [-0.39, 0.29) is 17.2 Å². The first kappa shape index (κ1) is 15.4. The highest BCUT2D eigenvalue weighted by molar-refractivity contribution is 5.93. The molecule has 4 nitrogen and oxygen atoms in total. The summed E-state index contributed by atoms with van der Waals surface area (Å²) >= 11 is 0. The number of anilines is 1. The van der Waals surface area contributed by atoms with Crippen molar-refractivity contribution in [1.82, 2.24) is 5.32 Å². The third-order valence-corrected chi connectivity index (χ3v) is 7.04. The van der Waals surface area contributed by atoms with Crippen molar-refractivity contribution in [2.75, 3.05) is 5.32 Å². The molecule has 4 saturated carbocycles. The van der Waals surface area contributed by atoms with Gasteiger partial charge >= 0.3 is 0 Å². The normalized spacial score (nSPS) is 35.2. The van der Waals surface area contributed by atoms with E-state index in [1.807, 2.05) is 12.1 Å². The summed E-state index contributed by atoms with van der Waals surface area (Å²) in [5, 5.41) is 6.16. The molecule has 25 heavy (non-hydrogen) atoms. The van der Waals surface area contributed by atoms with Crippen LogP contribution in [0.5, 0.6) is 0 Å². The van der Waals surface area contributed by atoms with Crippen molar-refractivity contribution >= 4 is 17.5 Å². The van der Waals surface area contributed by atoms with Crippen LogP contribution < -0.4 is 10.6 Å². The average Bonchev–Trinajstić information content (AvgIpc) is 2.58. The second-order valence-corrected chi connectivity index (χ2v) is 8.92. The predicted octanol–water partition coefficient (Wildman–Crippen LogP) is 3.40. The van der Waals surface area contributed by atoms with Gasteiger partial charge in [0, 0.05) is 24.1 Å². The van der Waals surface area contributed by atoms with Crippen LogP contribution in [0.25, 0.3) is 0 Å². The summed E-state index contributed by atoms with van der Waals surface area (Å²) in [4.78, 5) is 24.5. The van der Waals surface area contributed by atoms with Gasteiger partial charge in [0.1, 0.15) is 0 Å². The van der Waals surface area contributed by atoms with E-state index < -0.39 is 0 Å². The van der Waals surface area contributed by atoms with Crippen LogP contribution >= 0.6 is 0 Å². The SMILES string of the molecule is O=C1CCc2cc(CNC(=O)C34CC5CC(CC(C5)C3)C4)ccc2N1. The van der Waals surface area contributed by atoms with E-state index in [0.717, 1.165) is 54.7 Å². The zero-order valence-corrected chi connectivity index (χ0v) is 14.6. The molecule has 6 rings (SSSR count). The zero-order valence-electron chi connectivity index (χ0n) is 14.6. The van der Waals surface area contributed by atoms with Crippen LogP contribution in [0, 0.1) is 23.2 Å². The molecule has 1 aliphatic heterocycles. The number of aryl methyl sites for hydroxylation is 1. The highest BCUT2D eigenvalue weighted by Crippen LogP contribution is 2.60. The van der Waals surface area contributed by atoms with Crippen LogP contribution in [0.4, 0.5) is 5.69 Å². The molecule has 2 amide bonds. The maximum Gasteiger partial charge on any atom is 0.226 e. The Kier molecular flexibility index (Phi) is 3.44. The van der Waals surface area contributed by atoms with Gasteiger partial charge in [-0.25, -0.2) is 0 Å². The lowest BCUT2D eigenvalue weighted by Crippen LogP contribution is -2.53. The summed E-state index contributed by atoms with van der Waals surface area (Å²) in [5.74, 6) is 2.77. The molecule has 1 heterocycles. The van der Waals surface area contributed by atoms with Crippen molar-refractivity contribution in [2.45, 2.75) is 57.9 Å². The lowest BCUT2D eigenvalue weighted by atomic mass is 9.49. The Morgan fingerprint density at radius 2 is 1.76 bits per heavy atom. The van der Waals surface area contributed by atoms with Gasteiger partial charge in [0.05, 0.1) is 0 Å². The fourth-order valence-electron chi connectivity index (χ4n) is 6.31. The molecular formula is C21H26N2O2. The Labute approximate surface area is 148 Å². The van der Waals surface area contributed by atoms with Crippen molar-refractivity contribution in [2.24, 2.45) is 23.2 Å². The van der Waals surface area contributed by atoms with Crippen LogP contribution in [0.2, 0.25) is 0 Å². The van der Waals surface area contributed by atoms with Gasteiger partial charge in [-0.1, -0.05) is 12.1 Å². The quantitative estimate of drug-likeness (QED) is 0.887. The lowest BCUT2D eigenvalue weighted by Gasteiger charge is -2.55. The van der Waals surface area contributed by atoms with Crippen molar-refractivity contribution in [3.8, 4) is 0 Å². The molecule has 0 atom stereocenters. The number of carbonyl (C=O) groups excluding carboxylic acids is 2. The Bertz CT molecular complexity index is 704. The van der Waals surface area contributed by atoms with Gasteiger partial charge in [-0.2, -0.15) is 0 Å². The molecule has 0 unspecified atom stereocenters. The molecule has 0 saturated heterocycles. The second-order valence-electron chi connectivity index (χ2n) is 8.92. The Hall–Kier alpha value is -1.84. The molecule has 4 fully saturated rings. The fraction of sp³-hybridized carbons (Fsp3) is 0.619. The number of benzene rings is 1. The molecule has 4 heteroatoms. The van der Waals surface area contributed by atoms with E-state index in [1.165, 1.54) is 24.8 Å². The third kappa shape index (κ3) is 2.66. The van der Waals surface area contributed by atoms with E-state index in [4.69, 9.17) is 0 Å². The fourth-order valence-corrected chi connectivity index (χ4v) is 6.31. The molecule has 4 bridgehead atoms. The van der Waals surface area contributed by atoms with E-state index in [0.29, 0.717) is 13.0 Å². The summed E-state index contributed by atoms with van der Waals surface area (Å²) in [6.07, 6.45) is 8.77. The lowest BCUT2D eigenvalue weighted by molar-refractivity contribution is -0.146. The van der Waals surface area contributed by atoms with Crippen LogP contribution in [-0.2, 0) is 22.6 Å². The monoisotopic (exact) mass is 338 g/mol. The summed E-state index contributed by atoms with van der Waals surface area (Å²) < 4.78 is 0. The number of nitrogens with one attached hydrogen (secondary N) is 2. The molecule has 0 radical (unpaired) electrons. The first-order valence-corrected chi connectivity index (χ1v) is 9.80. The van der Waals surface area contributed by atoms with Gasteiger partial charge in [0.25, 0.3) is 0 Å². The third-order valence-electron chi connectivity index (χ3n) is 7.04. The molecular weight excluding hydrogens is 312 g/mol. The minimum absolute atomic E-state index is 0.0725. The minimum Gasteiger partial charge on any atom is -0.352 e. The number of hydrogen-bond acceptors (Lipinski definition) is 2. The average molecular weight is 338 g/mol. The van der Waals surface area contributed by atoms with Crippen molar-refractivity contribution in [3.63, 3.8) is 0 Å². The second kappa shape index (κ2) is 5.58. The first-order valence-electron chi connectivity index (χ1n) is 9.80. The highest BCUT2D eigenvalue weighted by Gasteiger charge is 2.54. The van der Waals surface area contributed by atoms with Crippen molar-refractivity contribution in [3.05, 3.63) is 29.3 Å². The molecule has 1 aromatic rings. The maximum absolute atomic E-state index is 13.0. The van der Waals surface area contributed by atoms with Crippen LogP contribution in [0.3, 0.4) is 0 Å². The van der Waals surface area contributed by atoms with Gasteiger partial charge in [0.2, 0.25) is 11.8 Å². The standard InChI is InChI=1S/C21H26N2O2/c24-19-4-2-17-8-13(1-3-18(17)23-19)12-22-20(25)21-9-14-5-15(10-21)7-16(6-14)11-21/h1,3,8,14-16H,2,4-7,9-12H2,(H,22,25)(H,23,24). The van der Waals surface area contributed by atoms with E-state index in [9.17, 15) is 9.59 Å². The number of fused-ring (bicyclic) bond motifs is 1. The van der Waals surface area contributed by atoms with Crippen LogP contribution in [0.15, 0.2) is 18.2 Å². The predicted molar refractivity (Wildman–Crippen MR) is 95.8 cm³/mol. The maximum atomic E-state index is 13.0. The van der Waals surface area contributed by atoms with Crippen molar-refractivity contribution < 1.29 is 9.59 Å². The zero-order chi connectivity index (χ0) is 17.0. The molecule has 0 spiro atoms. The Morgan fingerprint density at radius 1 is 1.08 bits per heavy atom. The Balaban J connectivity index is 1.27. The van der Waals surface area contributed by atoms with E-state index >= 15 is 0 Å². The topological polar surface area (TPSA) is 58.2 Å². The summed E-state index contributed by atoms with van der Waals surface area (Å²) in [7, 11) is 0. The smallest absolute Gasteiger partial charge is 0.226 e. The number of hydrogen-bond donors (Lipinski definition) is 2. The summed E-state index contributed by atoms with van der Waals surface area (Å²) in [5.41, 5.74) is 3.17. The van der Waals surface area contributed by atoms with Gasteiger partial charge in [-0.05, 0) is 79.9 Å². The van der Waals surface area contributed by atoms with E-state index in [2.05, 4.69) is 16.7 Å². The van der Waals surface area contributed by atoms with Gasteiger partial charge in [0.15, 0.2) is 0 Å². The van der Waals surface area contributed by atoms with Crippen LogP contribution in [0.1, 0.15) is 56.1 Å². The molecule has 2 N–H and O–H groups in total. The first-order chi connectivity index (χ1) is 12.1.